The van der Waals surface area contributed by atoms with Crippen LogP contribution in [0.25, 0.3) is 0 Å². The maximum atomic E-state index is 12.7. The number of hydrogen-bond donors (Lipinski definition) is 3. The molecule has 0 bridgehead atoms. The zero-order valence-corrected chi connectivity index (χ0v) is 17.6. The van der Waals surface area contributed by atoms with Gasteiger partial charge in [-0.1, -0.05) is 39.8 Å². The number of benzene rings is 1. The third-order valence-electron chi connectivity index (χ3n) is 3.99. The van der Waals surface area contributed by atoms with Gasteiger partial charge in [-0.15, -0.1) is 0 Å². The van der Waals surface area contributed by atoms with E-state index in [1.165, 1.54) is 12.1 Å². The molecule has 1 amide bonds. The minimum atomic E-state index is -4.40. The molecule has 0 aliphatic rings. The van der Waals surface area contributed by atoms with Crippen LogP contribution in [0.4, 0.5) is 5.69 Å². The van der Waals surface area contributed by atoms with Crippen LogP contribution in [0, 0.1) is 22.0 Å². The van der Waals surface area contributed by atoms with E-state index in [1.54, 1.807) is 27.7 Å². The van der Waals surface area contributed by atoms with Gasteiger partial charge in [-0.3, -0.25) is 14.9 Å². The second-order valence-electron chi connectivity index (χ2n) is 7.56. The first-order valence-electron chi connectivity index (χ1n) is 9.14. The van der Waals surface area contributed by atoms with Crippen molar-refractivity contribution in [1.29, 1.82) is 0 Å². The van der Waals surface area contributed by atoms with Crippen LogP contribution in [0.5, 0.6) is 0 Å². The number of aliphatic carboxylic acids is 1. The summed E-state index contributed by atoms with van der Waals surface area (Å²) in [4.78, 5) is 33.8. The zero-order chi connectivity index (χ0) is 22.4. The lowest BCUT2D eigenvalue weighted by Crippen LogP contribution is -2.52. The van der Waals surface area contributed by atoms with Crippen molar-refractivity contribution in [3.63, 3.8) is 0 Å². The predicted molar refractivity (Wildman–Crippen MR) is 106 cm³/mol. The van der Waals surface area contributed by atoms with Crippen molar-refractivity contribution < 1.29 is 28.0 Å². The molecule has 0 aliphatic carbocycles. The van der Waals surface area contributed by atoms with Crippen LogP contribution in [0.2, 0.25) is 0 Å². The molecule has 29 heavy (non-hydrogen) atoms. The molecule has 3 N–H and O–H groups in total. The monoisotopic (exact) mass is 429 g/mol. The van der Waals surface area contributed by atoms with Gasteiger partial charge >= 0.3 is 5.97 Å². The van der Waals surface area contributed by atoms with Crippen molar-refractivity contribution in [2.45, 2.75) is 57.5 Å². The van der Waals surface area contributed by atoms with Gasteiger partial charge in [-0.05, 0) is 30.7 Å². The van der Waals surface area contributed by atoms with Gasteiger partial charge in [0.15, 0.2) is 4.90 Å². The Morgan fingerprint density at radius 2 is 1.59 bits per heavy atom. The topological polar surface area (TPSA) is 156 Å². The Morgan fingerprint density at radius 3 is 2.07 bits per heavy atom. The third-order valence-corrected chi connectivity index (χ3v) is 5.51. The van der Waals surface area contributed by atoms with Gasteiger partial charge in [-0.25, -0.2) is 13.2 Å². The number of para-hydroxylation sites is 1. The summed E-state index contributed by atoms with van der Waals surface area (Å²) in [5, 5.41) is 22.8. The van der Waals surface area contributed by atoms with Gasteiger partial charge in [0.05, 0.1) is 4.92 Å². The second kappa shape index (κ2) is 10.3. The summed E-state index contributed by atoms with van der Waals surface area (Å²) in [6.45, 7) is 7.13. The molecule has 1 aromatic rings. The molecule has 11 heteroatoms. The normalized spacial score (nSPS) is 13.9. The predicted octanol–water partition coefficient (Wildman–Crippen LogP) is 1.90. The average Bonchev–Trinajstić information content (AvgIpc) is 2.59. The highest BCUT2D eigenvalue weighted by molar-refractivity contribution is 7.89. The summed E-state index contributed by atoms with van der Waals surface area (Å²) in [6.07, 6.45) is 0.256. The number of nitrogens with one attached hydrogen (secondary N) is 2. The van der Waals surface area contributed by atoms with E-state index in [1.807, 2.05) is 0 Å². The molecule has 10 nitrogen and oxygen atoms in total. The fourth-order valence-corrected chi connectivity index (χ4v) is 4.11. The Morgan fingerprint density at radius 1 is 1.07 bits per heavy atom. The van der Waals surface area contributed by atoms with Crippen molar-refractivity contribution in [2.75, 3.05) is 0 Å². The number of nitro groups is 1. The molecule has 0 spiro atoms. The van der Waals surface area contributed by atoms with Crippen LogP contribution in [-0.2, 0) is 19.6 Å². The number of carbonyl (C=O) groups is 2. The summed E-state index contributed by atoms with van der Waals surface area (Å²) in [7, 11) is -4.40. The number of nitrogens with zero attached hydrogens (tertiary/aromatic N) is 1. The molecule has 1 aromatic carbocycles. The van der Waals surface area contributed by atoms with Crippen LogP contribution in [0.15, 0.2) is 29.2 Å². The number of amides is 1. The van der Waals surface area contributed by atoms with Gasteiger partial charge in [0.25, 0.3) is 5.69 Å². The second-order valence-corrected chi connectivity index (χ2v) is 9.24. The summed E-state index contributed by atoms with van der Waals surface area (Å²) in [5.74, 6) is -2.14. The Hall–Kier alpha value is -2.53. The lowest BCUT2D eigenvalue weighted by Gasteiger charge is -2.23. The maximum Gasteiger partial charge on any atom is 0.326 e. The Kier molecular flexibility index (Phi) is 8.71. The molecule has 0 unspecified atom stereocenters. The van der Waals surface area contributed by atoms with Gasteiger partial charge in [0, 0.05) is 6.07 Å². The first-order chi connectivity index (χ1) is 13.3. The molecule has 0 aromatic heterocycles. The van der Waals surface area contributed by atoms with Crippen LogP contribution in [0.1, 0.15) is 40.5 Å². The van der Waals surface area contributed by atoms with E-state index in [-0.39, 0.29) is 24.7 Å². The fourth-order valence-electron chi connectivity index (χ4n) is 2.73. The minimum Gasteiger partial charge on any atom is -0.480 e. The number of nitro benzene ring substituents is 1. The van der Waals surface area contributed by atoms with Crippen LogP contribution in [0.3, 0.4) is 0 Å². The number of carboxylic acids is 1. The molecule has 2 atom stereocenters. The number of sulfonamides is 1. The smallest absolute Gasteiger partial charge is 0.326 e. The lowest BCUT2D eigenvalue weighted by molar-refractivity contribution is -0.387. The van der Waals surface area contributed by atoms with E-state index < -0.39 is 49.5 Å². The Balaban J connectivity index is 3.17. The molecular formula is C18H27N3O7S. The third kappa shape index (κ3) is 7.42. The van der Waals surface area contributed by atoms with Crippen molar-refractivity contribution in [2.24, 2.45) is 11.8 Å². The van der Waals surface area contributed by atoms with E-state index in [2.05, 4.69) is 10.0 Å². The molecule has 0 saturated carbocycles. The van der Waals surface area contributed by atoms with E-state index >= 15 is 0 Å². The van der Waals surface area contributed by atoms with Crippen LogP contribution < -0.4 is 10.0 Å². The summed E-state index contributed by atoms with van der Waals surface area (Å²) in [5.41, 5.74) is -0.619. The molecule has 162 valence electrons. The quantitative estimate of drug-likeness (QED) is 0.358. The average molecular weight is 429 g/mol. The van der Waals surface area contributed by atoms with Crippen molar-refractivity contribution >= 4 is 27.6 Å². The standard InChI is InChI=1S/C18H27N3O7S/c1-11(2)9-13(17(22)19-14(18(23)24)10-12(3)4)20-29(27,28)16-8-6-5-7-15(16)21(25)26/h5-8,11-14,20H,9-10H2,1-4H3,(H,19,22)(H,23,24)/t13-,14-/m0/s1. The van der Waals surface area contributed by atoms with Gasteiger partial charge in [0.1, 0.15) is 12.1 Å². The molecule has 0 radical (unpaired) electrons. The molecule has 0 aliphatic heterocycles. The van der Waals surface area contributed by atoms with E-state index in [9.17, 15) is 33.2 Å². The number of carboxylic acid groups (broad SMARTS) is 1. The zero-order valence-electron chi connectivity index (χ0n) is 16.8. The molecule has 0 fully saturated rings. The fraction of sp³-hybridized carbons (Fsp3) is 0.556. The summed E-state index contributed by atoms with van der Waals surface area (Å²) >= 11 is 0. The first kappa shape index (κ1) is 24.5. The van der Waals surface area contributed by atoms with Crippen molar-refractivity contribution in [1.82, 2.24) is 10.0 Å². The largest absolute Gasteiger partial charge is 0.480 e. The number of hydrogen-bond acceptors (Lipinski definition) is 6. The first-order valence-corrected chi connectivity index (χ1v) is 10.6. The lowest BCUT2D eigenvalue weighted by atomic mass is 10.0. The highest BCUT2D eigenvalue weighted by atomic mass is 32.2. The molecule has 0 saturated heterocycles. The number of carbonyl (C=O) groups excluding carboxylic acids is 1. The van der Waals surface area contributed by atoms with Gasteiger partial charge in [-0.2, -0.15) is 4.72 Å². The van der Waals surface area contributed by atoms with Crippen molar-refractivity contribution in [3.8, 4) is 0 Å². The number of rotatable bonds is 11. The van der Waals surface area contributed by atoms with Gasteiger partial charge in [0.2, 0.25) is 15.9 Å². The van der Waals surface area contributed by atoms with Crippen LogP contribution in [-0.4, -0.2) is 42.4 Å². The Bertz CT molecular complexity index is 853. The molecular weight excluding hydrogens is 402 g/mol. The van der Waals surface area contributed by atoms with E-state index in [0.29, 0.717) is 0 Å². The van der Waals surface area contributed by atoms with Gasteiger partial charge < -0.3 is 10.4 Å². The highest BCUT2D eigenvalue weighted by Gasteiger charge is 2.32. The SMILES string of the molecule is CC(C)C[C@H](NC(=O)[C@H](CC(C)C)NS(=O)(=O)c1ccccc1[N+](=O)[O-])C(=O)O. The molecule has 0 heterocycles. The minimum absolute atomic E-state index is 0.0105. The highest BCUT2D eigenvalue weighted by Crippen LogP contribution is 2.23. The molecule has 1 rings (SSSR count). The Labute approximate surface area is 169 Å². The summed E-state index contributed by atoms with van der Waals surface area (Å²) < 4.78 is 27.7. The van der Waals surface area contributed by atoms with Crippen molar-refractivity contribution in [3.05, 3.63) is 34.4 Å². The van der Waals surface area contributed by atoms with E-state index in [0.717, 1.165) is 12.1 Å². The maximum absolute atomic E-state index is 12.7. The van der Waals surface area contributed by atoms with E-state index in [4.69, 9.17) is 0 Å². The van der Waals surface area contributed by atoms with Crippen LogP contribution >= 0.6 is 0 Å². The summed E-state index contributed by atoms with van der Waals surface area (Å²) in [6, 6.07) is 2.33.